The molecular weight excluding hydrogens is 524 g/mol. The van der Waals surface area contributed by atoms with Crippen LogP contribution in [0.15, 0.2) is 88.2 Å². The summed E-state index contributed by atoms with van der Waals surface area (Å²) in [4.78, 5) is 15.3. The summed E-state index contributed by atoms with van der Waals surface area (Å²) in [5.41, 5.74) is 3.28. The molecule has 184 valence electrons. The van der Waals surface area contributed by atoms with E-state index < -0.39 is 10.0 Å². The van der Waals surface area contributed by atoms with Crippen LogP contribution in [-0.4, -0.2) is 43.2 Å². The maximum atomic E-state index is 13.5. The number of likely N-dealkylation sites (tertiary alicyclic amines) is 1. The minimum absolute atomic E-state index is 0.143. The second kappa shape index (κ2) is 11.5. The first kappa shape index (κ1) is 25.6. The van der Waals surface area contributed by atoms with Crippen LogP contribution < -0.4 is 0 Å². The van der Waals surface area contributed by atoms with Gasteiger partial charge in [0.15, 0.2) is 0 Å². The Morgan fingerprint density at radius 1 is 0.914 bits per heavy atom. The van der Waals surface area contributed by atoms with Crippen LogP contribution in [0.4, 0.5) is 0 Å². The molecule has 0 spiro atoms. The van der Waals surface area contributed by atoms with Crippen LogP contribution in [-0.2, 0) is 27.8 Å². The highest BCUT2D eigenvalue weighted by Crippen LogP contribution is 2.24. The van der Waals surface area contributed by atoms with Crippen LogP contribution in [0.3, 0.4) is 0 Å². The fourth-order valence-electron chi connectivity index (χ4n) is 4.46. The molecule has 0 bridgehead atoms. The summed E-state index contributed by atoms with van der Waals surface area (Å²) < 4.78 is 29.2. The molecule has 3 aromatic carbocycles. The van der Waals surface area contributed by atoms with Crippen molar-refractivity contribution in [2.24, 2.45) is 5.92 Å². The van der Waals surface area contributed by atoms with Gasteiger partial charge < -0.3 is 4.90 Å². The Bertz CT molecular complexity index is 1220. The second-order valence-corrected chi connectivity index (χ2v) is 12.1. The summed E-state index contributed by atoms with van der Waals surface area (Å²) in [5.74, 6) is 0.396. The van der Waals surface area contributed by atoms with Crippen molar-refractivity contribution in [2.75, 3.05) is 19.6 Å². The third-order valence-electron chi connectivity index (χ3n) is 6.58. The zero-order valence-electron chi connectivity index (χ0n) is 19.9. The number of benzene rings is 3. The number of amides is 1. The lowest BCUT2D eigenvalue weighted by atomic mass is 9.90. The minimum atomic E-state index is -3.85. The van der Waals surface area contributed by atoms with Crippen molar-refractivity contribution >= 4 is 31.9 Å². The molecule has 3 aromatic rings. The lowest BCUT2D eigenvalue weighted by Gasteiger charge is -2.33. The first-order valence-corrected chi connectivity index (χ1v) is 14.2. The van der Waals surface area contributed by atoms with Gasteiger partial charge in [-0.15, -0.1) is 0 Å². The topological polar surface area (TPSA) is 57.7 Å². The van der Waals surface area contributed by atoms with Gasteiger partial charge >= 0.3 is 0 Å². The van der Waals surface area contributed by atoms with E-state index >= 15 is 0 Å². The van der Waals surface area contributed by atoms with Crippen molar-refractivity contribution in [2.45, 2.75) is 37.6 Å². The van der Waals surface area contributed by atoms with Gasteiger partial charge in [0, 0.05) is 24.1 Å². The van der Waals surface area contributed by atoms with Crippen molar-refractivity contribution < 1.29 is 13.2 Å². The highest BCUT2D eigenvalue weighted by Gasteiger charge is 2.30. The van der Waals surface area contributed by atoms with E-state index in [-0.39, 0.29) is 23.9 Å². The average molecular weight is 556 g/mol. The van der Waals surface area contributed by atoms with Gasteiger partial charge in [-0.05, 0) is 67.5 Å². The molecule has 1 aliphatic heterocycles. The highest BCUT2D eigenvalue weighted by molar-refractivity contribution is 9.10. The lowest BCUT2D eigenvalue weighted by molar-refractivity contribution is -0.132. The number of carbonyl (C=O) groups excluding carboxylic acids is 1. The second-order valence-electron chi connectivity index (χ2n) is 9.23. The number of aryl methyl sites for hydroxylation is 1. The predicted octanol–water partition coefficient (Wildman–Crippen LogP) is 5.43. The number of halogens is 1. The molecule has 1 fully saturated rings. The monoisotopic (exact) mass is 554 g/mol. The summed E-state index contributed by atoms with van der Waals surface area (Å²) in [6, 6.07) is 24.7. The fraction of sp³-hybridized carbons (Fsp3) is 0.321. The minimum Gasteiger partial charge on any atom is -0.342 e. The SMILES string of the molecule is Cc1ccc(CN(CC(=O)N2CCC(Cc3ccccc3)CC2)S(=O)(=O)c2ccc(Br)cc2)cc1. The summed E-state index contributed by atoms with van der Waals surface area (Å²) in [5, 5.41) is 0. The Labute approximate surface area is 216 Å². The van der Waals surface area contributed by atoms with Gasteiger partial charge in [-0.3, -0.25) is 4.79 Å². The van der Waals surface area contributed by atoms with Gasteiger partial charge in [-0.25, -0.2) is 8.42 Å². The largest absolute Gasteiger partial charge is 0.342 e. The molecule has 35 heavy (non-hydrogen) atoms. The third-order valence-corrected chi connectivity index (χ3v) is 8.91. The maximum absolute atomic E-state index is 13.5. The van der Waals surface area contributed by atoms with E-state index in [1.807, 2.05) is 42.2 Å². The quantitative estimate of drug-likeness (QED) is 0.373. The van der Waals surface area contributed by atoms with Crippen LogP contribution in [0.2, 0.25) is 0 Å². The van der Waals surface area contributed by atoms with Crippen LogP contribution in [0.1, 0.15) is 29.5 Å². The molecule has 1 amide bonds. The first-order chi connectivity index (χ1) is 16.8. The Hall–Kier alpha value is -2.48. The maximum Gasteiger partial charge on any atom is 0.243 e. The zero-order chi connectivity index (χ0) is 24.8. The molecule has 1 aliphatic rings. The van der Waals surface area contributed by atoms with Crippen LogP contribution in [0.5, 0.6) is 0 Å². The Kier molecular flexibility index (Phi) is 8.42. The Balaban J connectivity index is 1.46. The number of nitrogens with zero attached hydrogens (tertiary/aromatic N) is 2. The molecule has 1 heterocycles. The van der Waals surface area contributed by atoms with Crippen molar-refractivity contribution in [1.82, 2.24) is 9.21 Å². The van der Waals surface area contributed by atoms with Crippen LogP contribution in [0, 0.1) is 12.8 Å². The summed E-state index contributed by atoms with van der Waals surface area (Å²) in [6.07, 6.45) is 2.87. The molecule has 1 saturated heterocycles. The standard InChI is InChI=1S/C28H31BrN2O3S/c1-22-7-9-25(10-8-22)20-31(35(33,34)27-13-11-26(29)12-14-27)21-28(32)30-17-15-24(16-18-30)19-23-5-3-2-4-6-23/h2-14,24H,15-21H2,1H3. The van der Waals surface area contributed by atoms with E-state index in [2.05, 4.69) is 40.2 Å². The number of hydrogen-bond acceptors (Lipinski definition) is 3. The Morgan fingerprint density at radius 3 is 2.17 bits per heavy atom. The van der Waals surface area contributed by atoms with Gasteiger partial charge in [0.25, 0.3) is 0 Å². The number of hydrogen-bond donors (Lipinski definition) is 0. The summed E-state index contributed by atoms with van der Waals surface area (Å²) >= 11 is 3.36. The van der Waals surface area contributed by atoms with Crippen molar-refractivity contribution in [1.29, 1.82) is 0 Å². The smallest absolute Gasteiger partial charge is 0.243 e. The molecule has 0 aromatic heterocycles. The summed E-state index contributed by atoms with van der Waals surface area (Å²) in [6.45, 7) is 3.29. The van der Waals surface area contributed by atoms with Gasteiger partial charge in [0.2, 0.25) is 15.9 Å². The van der Waals surface area contributed by atoms with Gasteiger partial charge in [-0.2, -0.15) is 4.31 Å². The summed E-state index contributed by atoms with van der Waals surface area (Å²) in [7, 11) is -3.85. The molecule has 0 N–H and O–H groups in total. The number of sulfonamides is 1. The molecule has 0 aliphatic carbocycles. The highest BCUT2D eigenvalue weighted by atomic mass is 79.9. The number of rotatable bonds is 8. The lowest BCUT2D eigenvalue weighted by Crippen LogP contribution is -2.45. The molecule has 0 unspecified atom stereocenters. The average Bonchev–Trinajstić information content (AvgIpc) is 2.86. The molecular formula is C28H31BrN2O3S. The Morgan fingerprint density at radius 2 is 1.54 bits per heavy atom. The van der Waals surface area contributed by atoms with Crippen LogP contribution in [0.25, 0.3) is 0 Å². The van der Waals surface area contributed by atoms with Crippen molar-refractivity contribution in [3.63, 3.8) is 0 Å². The molecule has 0 radical (unpaired) electrons. The normalized spacial score (nSPS) is 14.9. The number of piperidine rings is 1. The zero-order valence-corrected chi connectivity index (χ0v) is 22.3. The van der Waals surface area contributed by atoms with E-state index in [4.69, 9.17) is 0 Å². The molecule has 5 nitrogen and oxygen atoms in total. The van der Waals surface area contributed by atoms with E-state index in [9.17, 15) is 13.2 Å². The van der Waals surface area contributed by atoms with Gasteiger partial charge in [0.1, 0.15) is 0 Å². The molecule has 0 saturated carbocycles. The van der Waals surface area contributed by atoms with E-state index in [0.717, 1.165) is 34.9 Å². The van der Waals surface area contributed by atoms with Crippen molar-refractivity contribution in [3.05, 3.63) is 100 Å². The van der Waals surface area contributed by atoms with E-state index in [1.54, 1.807) is 24.3 Å². The number of carbonyl (C=O) groups is 1. The van der Waals surface area contributed by atoms with E-state index in [1.165, 1.54) is 9.87 Å². The molecule has 4 rings (SSSR count). The third kappa shape index (κ3) is 6.81. The predicted molar refractivity (Wildman–Crippen MR) is 142 cm³/mol. The van der Waals surface area contributed by atoms with Gasteiger partial charge in [-0.1, -0.05) is 76.1 Å². The van der Waals surface area contributed by atoms with Crippen LogP contribution >= 0.6 is 15.9 Å². The van der Waals surface area contributed by atoms with E-state index in [0.29, 0.717) is 19.0 Å². The molecule has 0 atom stereocenters. The molecule has 7 heteroatoms. The first-order valence-electron chi connectivity index (χ1n) is 11.9. The van der Waals surface area contributed by atoms with Crippen molar-refractivity contribution in [3.8, 4) is 0 Å². The van der Waals surface area contributed by atoms with Gasteiger partial charge in [0.05, 0.1) is 11.4 Å². The fourth-order valence-corrected chi connectivity index (χ4v) is 6.11.